The maximum Gasteiger partial charge on any atom is 0.530 e. The summed E-state index contributed by atoms with van der Waals surface area (Å²) in [7, 11) is -0.0421. The molecule has 1 saturated heterocycles. The van der Waals surface area contributed by atoms with Crippen molar-refractivity contribution in [2.24, 2.45) is 5.92 Å². The van der Waals surface area contributed by atoms with E-state index in [0.717, 1.165) is 0 Å². The summed E-state index contributed by atoms with van der Waals surface area (Å²) >= 11 is 0. The predicted molar refractivity (Wildman–Crippen MR) is 57.2 cm³/mol. The maximum atomic E-state index is 10.0. The second kappa shape index (κ2) is 4.51. The zero-order valence-electron chi connectivity index (χ0n) is 9.44. The van der Waals surface area contributed by atoms with Gasteiger partial charge in [-0.2, -0.15) is 0 Å². The molecule has 2 rings (SSSR count). The molecule has 1 N–H and O–H groups in total. The number of ether oxygens (including phenoxy) is 1. The third kappa shape index (κ3) is 2.26. The largest absolute Gasteiger partial charge is 0.530 e. The fourth-order valence-electron chi connectivity index (χ4n) is 2.55. The van der Waals surface area contributed by atoms with E-state index >= 15 is 0 Å². The molecule has 0 aromatic carbocycles. The first-order valence-corrected chi connectivity index (χ1v) is 7.53. The van der Waals surface area contributed by atoms with Gasteiger partial charge in [0.2, 0.25) is 0 Å². The fourth-order valence-corrected chi connectivity index (χ4v) is 4.20. The quantitative estimate of drug-likeness (QED) is 0.582. The third-order valence-corrected chi connectivity index (χ3v) is 5.94. The number of rotatable bonds is 4. The summed E-state index contributed by atoms with van der Waals surface area (Å²) in [6.45, 7) is 0. The first-order chi connectivity index (χ1) is 7.21. The molecule has 1 aliphatic carbocycles. The van der Waals surface area contributed by atoms with Gasteiger partial charge >= 0.3 is 8.80 Å². The number of epoxide rings is 1. The van der Waals surface area contributed by atoms with Crippen LogP contribution in [-0.2, 0) is 13.6 Å². The average Bonchev–Trinajstić information content (AvgIpc) is 3.10. The van der Waals surface area contributed by atoms with Crippen molar-refractivity contribution in [1.29, 1.82) is 0 Å². The SMILES string of the molecule is CO[Si](O)(OC)C1OC1C1CCCCC1. The van der Waals surface area contributed by atoms with Crippen LogP contribution in [0.1, 0.15) is 32.1 Å². The second-order valence-corrected chi connectivity index (χ2v) is 7.11. The highest BCUT2D eigenvalue weighted by atomic mass is 28.4. The molecule has 0 bridgehead atoms. The van der Waals surface area contributed by atoms with Gasteiger partial charge in [-0.05, 0) is 18.8 Å². The first-order valence-electron chi connectivity index (χ1n) is 5.69. The Morgan fingerprint density at radius 1 is 1.13 bits per heavy atom. The molecule has 0 amide bonds. The predicted octanol–water partition coefficient (Wildman–Crippen LogP) is 1.10. The topological polar surface area (TPSA) is 51.2 Å². The summed E-state index contributed by atoms with van der Waals surface area (Å²) in [5, 5.41) is 0. The molecule has 0 aromatic rings. The Hall–Kier alpha value is 0.0569. The van der Waals surface area contributed by atoms with Crippen LogP contribution in [0, 0.1) is 5.92 Å². The Bertz CT molecular complexity index is 213. The molecule has 2 unspecified atom stereocenters. The highest BCUT2D eigenvalue weighted by Gasteiger charge is 2.62. The van der Waals surface area contributed by atoms with Crippen molar-refractivity contribution in [3.8, 4) is 0 Å². The molecule has 1 heterocycles. The van der Waals surface area contributed by atoms with Crippen molar-refractivity contribution in [3.05, 3.63) is 0 Å². The minimum atomic E-state index is -3.03. The van der Waals surface area contributed by atoms with E-state index < -0.39 is 8.80 Å². The molecular weight excluding hydrogens is 212 g/mol. The van der Waals surface area contributed by atoms with E-state index in [4.69, 9.17) is 13.6 Å². The van der Waals surface area contributed by atoms with Crippen LogP contribution in [-0.4, -0.2) is 39.7 Å². The Labute approximate surface area is 91.9 Å². The van der Waals surface area contributed by atoms with Crippen LogP contribution < -0.4 is 0 Å². The van der Waals surface area contributed by atoms with Crippen LogP contribution >= 0.6 is 0 Å². The van der Waals surface area contributed by atoms with Crippen LogP contribution in [0.2, 0.25) is 0 Å². The molecule has 1 aliphatic heterocycles. The Morgan fingerprint density at radius 2 is 1.73 bits per heavy atom. The molecule has 0 aromatic heterocycles. The summed E-state index contributed by atoms with van der Waals surface area (Å²) in [5.74, 6) is 0.605. The summed E-state index contributed by atoms with van der Waals surface area (Å²) < 4.78 is 15.7. The maximum absolute atomic E-state index is 10.0. The lowest BCUT2D eigenvalue weighted by atomic mass is 9.87. The van der Waals surface area contributed by atoms with Crippen molar-refractivity contribution in [3.63, 3.8) is 0 Å². The van der Waals surface area contributed by atoms with Gasteiger partial charge in [-0.15, -0.1) is 0 Å². The minimum absolute atomic E-state index is 0.171. The van der Waals surface area contributed by atoms with Gasteiger partial charge in [0, 0.05) is 14.2 Å². The molecule has 88 valence electrons. The summed E-state index contributed by atoms with van der Waals surface area (Å²) in [6.07, 6.45) is 6.54. The average molecular weight is 232 g/mol. The van der Waals surface area contributed by atoms with E-state index in [1.54, 1.807) is 0 Å². The van der Waals surface area contributed by atoms with Crippen LogP contribution in [0.15, 0.2) is 0 Å². The highest BCUT2D eigenvalue weighted by molar-refractivity contribution is 6.61. The van der Waals surface area contributed by atoms with Gasteiger partial charge in [0.15, 0.2) is 5.73 Å². The molecule has 4 nitrogen and oxygen atoms in total. The van der Waals surface area contributed by atoms with E-state index in [0.29, 0.717) is 5.92 Å². The Morgan fingerprint density at radius 3 is 2.27 bits per heavy atom. The zero-order chi connectivity index (χ0) is 10.9. The lowest BCUT2D eigenvalue weighted by molar-refractivity contribution is 0.136. The monoisotopic (exact) mass is 232 g/mol. The first kappa shape index (κ1) is 11.5. The van der Waals surface area contributed by atoms with Gasteiger partial charge in [0.05, 0.1) is 6.10 Å². The molecule has 2 fully saturated rings. The van der Waals surface area contributed by atoms with E-state index in [2.05, 4.69) is 0 Å². The van der Waals surface area contributed by atoms with E-state index in [-0.39, 0.29) is 11.8 Å². The molecule has 0 spiro atoms. The van der Waals surface area contributed by atoms with E-state index in [9.17, 15) is 4.80 Å². The molecule has 0 radical (unpaired) electrons. The smallest absolute Gasteiger partial charge is 0.388 e. The molecule has 1 saturated carbocycles. The molecule has 2 atom stereocenters. The standard InChI is InChI=1S/C10H20O4Si/c1-12-15(11,13-2)10-9(14-10)8-6-4-3-5-7-8/h8-11H,3-7H2,1-2H3. The van der Waals surface area contributed by atoms with Gasteiger partial charge in [-0.1, -0.05) is 19.3 Å². The van der Waals surface area contributed by atoms with Gasteiger partial charge in [-0.25, -0.2) is 0 Å². The number of hydrogen-bond acceptors (Lipinski definition) is 4. The van der Waals surface area contributed by atoms with E-state index in [1.807, 2.05) is 0 Å². The number of hydrogen-bond donors (Lipinski definition) is 1. The van der Waals surface area contributed by atoms with Crippen LogP contribution in [0.4, 0.5) is 0 Å². The normalized spacial score (nSPS) is 33.0. The van der Waals surface area contributed by atoms with Crippen LogP contribution in [0.5, 0.6) is 0 Å². The highest BCUT2D eigenvalue weighted by Crippen LogP contribution is 2.41. The lowest BCUT2D eigenvalue weighted by Gasteiger charge is -2.21. The minimum Gasteiger partial charge on any atom is -0.388 e. The van der Waals surface area contributed by atoms with E-state index in [1.165, 1.54) is 46.3 Å². The summed E-state index contributed by atoms with van der Waals surface area (Å²) in [4.78, 5) is 10.0. The molecular formula is C10H20O4Si. The van der Waals surface area contributed by atoms with Crippen molar-refractivity contribution < 1.29 is 18.4 Å². The van der Waals surface area contributed by atoms with Gasteiger partial charge < -0.3 is 18.4 Å². The van der Waals surface area contributed by atoms with Gasteiger partial charge in [0.1, 0.15) is 0 Å². The van der Waals surface area contributed by atoms with Crippen LogP contribution in [0.25, 0.3) is 0 Å². The van der Waals surface area contributed by atoms with Crippen molar-refractivity contribution in [2.75, 3.05) is 14.2 Å². The molecule has 15 heavy (non-hydrogen) atoms. The molecule has 2 aliphatic rings. The lowest BCUT2D eigenvalue weighted by Crippen LogP contribution is -2.48. The third-order valence-electron chi connectivity index (χ3n) is 3.58. The van der Waals surface area contributed by atoms with Gasteiger partial charge in [0.25, 0.3) is 0 Å². The molecule has 5 heteroatoms. The summed E-state index contributed by atoms with van der Waals surface area (Å²) in [5.41, 5.74) is -0.171. The Kier molecular flexibility index (Phi) is 3.47. The van der Waals surface area contributed by atoms with Gasteiger partial charge in [-0.3, -0.25) is 0 Å². The van der Waals surface area contributed by atoms with Crippen molar-refractivity contribution in [2.45, 2.75) is 43.9 Å². The zero-order valence-corrected chi connectivity index (χ0v) is 10.4. The van der Waals surface area contributed by atoms with Crippen molar-refractivity contribution in [1.82, 2.24) is 0 Å². The van der Waals surface area contributed by atoms with Crippen LogP contribution in [0.3, 0.4) is 0 Å². The van der Waals surface area contributed by atoms with Crippen molar-refractivity contribution >= 4 is 8.80 Å². The Balaban J connectivity index is 1.88. The second-order valence-electron chi connectivity index (χ2n) is 4.46. The summed E-state index contributed by atoms with van der Waals surface area (Å²) in [6, 6.07) is 0. The fraction of sp³-hybridized carbons (Fsp3) is 1.00.